The second-order valence-electron chi connectivity index (χ2n) is 5.80. The Hall–Kier alpha value is -1.41. The van der Waals surface area contributed by atoms with E-state index in [1.54, 1.807) is 0 Å². The average molecular weight is 270 g/mol. The molecular weight excluding hydrogens is 248 g/mol. The average Bonchev–Trinajstić information content (AvgIpc) is 2.45. The molecule has 0 radical (unpaired) electrons. The molecule has 106 valence electrons. The second-order valence-corrected chi connectivity index (χ2v) is 5.80. The van der Waals surface area contributed by atoms with Gasteiger partial charge in [0.15, 0.2) is 0 Å². The van der Waals surface area contributed by atoms with E-state index in [4.69, 9.17) is 5.26 Å². The summed E-state index contributed by atoms with van der Waals surface area (Å²) in [5.41, 5.74) is 2.01. The van der Waals surface area contributed by atoms with Crippen molar-refractivity contribution in [2.75, 3.05) is 39.3 Å². The van der Waals surface area contributed by atoms with Crippen LogP contribution < -0.4 is 5.32 Å². The lowest BCUT2D eigenvalue weighted by molar-refractivity contribution is 0.0552. The molecule has 2 heterocycles. The molecule has 0 bridgehead atoms. The number of benzene rings is 1. The van der Waals surface area contributed by atoms with Crippen molar-refractivity contribution in [1.29, 1.82) is 5.26 Å². The molecule has 4 heteroatoms. The molecule has 0 aliphatic carbocycles. The Balaban J connectivity index is 1.60. The van der Waals surface area contributed by atoms with Crippen molar-refractivity contribution >= 4 is 0 Å². The molecule has 1 aromatic carbocycles. The number of nitriles is 1. The molecule has 2 aliphatic heterocycles. The van der Waals surface area contributed by atoms with Crippen LogP contribution in [0.4, 0.5) is 0 Å². The highest BCUT2D eigenvalue weighted by molar-refractivity contribution is 5.34. The van der Waals surface area contributed by atoms with Crippen molar-refractivity contribution in [3.63, 3.8) is 0 Å². The zero-order valence-electron chi connectivity index (χ0n) is 12.0. The number of rotatable bonds is 3. The van der Waals surface area contributed by atoms with E-state index < -0.39 is 0 Å². The molecule has 2 fully saturated rings. The fourth-order valence-electron chi connectivity index (χ4n) is 3.10. The molecule has 1 N–H and O–H groups in total. The molecule has 0 spiro atoms. The van der Waals surface area contributed by atoms with Gasteiger partial charge in [-0.05, 0) is 24.6 Å². The predicted octanol–water partition coefficient (Wildman–Crippen LogP) is 1.21. The monoisotopic (exact) mass is 270 g/mol. The van der Waals surface area contributed by atoms with Gasteiger partial charge in [-0.15, -0.1) is 0 Å². The summed E-state index contributed by atoms with van der Waals surface area (Å²) in [6.07, 6.45) is 0. The SMILES string of the molecule is CC(c1cccc(C#N)c1)N1CCN(C2CNC2)CC1. The van der Waals surface area contributed by atoms with E-state index in [9.17, 15) is 0 Å². The molecule has 1 aromatic rings. The molecule has 4 nitrogen and oxygen atoms in total. The maximum Gasteiger partial charge on any atom is 0.0991 e. The van der Waals surface area contributed by atoms with E-state index in [1.807, 2.05) is 18.2 Å². The van der Waals surface area contributed by atoms with Gasteiger partial charge in [-0.2, -0.15) is 5.26 Å². The number of nitrogens with one attached hydrogen (secondary N) is 1. The molecule has 3 rings (SSSR count). The summed E-state index contributed by atoms with van der Waals surface area (Å²) in [6.45, 7) is 9.11. The van der Waals surface area contributed by atoms with Crippen molar-refractivity contribution in [2.24, 2.45) is 0 Å². The lowest BCUT2D eigenvalue weighted by Gasteiger charge is -2.44. The van der Waals surface area contributed by atoms with E-state index in [0.717, 1.165) is 50.9 Å². The third-order valence-corrected chi connectivity index (χ3v) is 4.67. The summed E-state index contributed by atoms with van der Waals surface area (Å²) in [7, 11) is 0. The lowest BCUT2D eigenvalue weighted by Crippen LogP contribution is -2.61. The van der Waals surface area contributed by atoms with Crippen LogP contribution in [0, 0.1) is 11.3 Å². The molecular formula is C16H22N4. The molecule has 20 heavy (non-hydrogen) atoms. The molecule has 1 atom stereocenters. The standard InChI is InChI=1S/C16H22N4/c1-13(15-4-2-3-14(9-15)10-17)19-5-7-20(8-6-19)16-11-18-12-16/h2-4,9,13,16,18H,5-8,11-12H2,1H3. The largest absolute Gasteiger partial charge is 0.314 e. The first-order valence-electron chi connectivity index (χ1n) is 7.47. The zero-order chi connectivity index (χ0) is 13.9. The van der Waals surface area contributed by atoms with Crippen molar-refractivity contribution in [2.45, 2.75) is 19.0 Å². The van der Waals surface area contributed by atoms with E-state index in [-0.39, 0.29) is 0 Å². The number of hydrogen-bond donors (Lipinski definition) is 1. The summed E-state index contributed by atoms with van der Waals surface area (Å²) in [4.78, 5) is 5.13. The van der Waals surface area contributed by atoms with Crippen molar-refractivity contribution in [3.05, 3.63) is 35.4 Å². The van der Waals surface area contributed by atoms with Crippen LogP contribution in [0.2, 0.25) is 0 Å². The molecule has 2 aliphatic rings. The smallest absolute Gasteiger partial charge is 0.0991 e. The van der Waals surface area contributed by atoms with Crippen molar-refractivity contribution in [3.8, 4) is 6.07 Å². The Labute approximate surface area is 121 Å². The van der Waals surface area contributed by atoms with Crippen LogP contribution >= 0.6 is 0 Å². The van der Waals surface area contributed by atoms with Crippen molar-refractivity contribution < 1.29 is 0 Å². The van der Waals surface area contributed by atoms with Crippen LogP contribution in [0.3, 0.4) is 0 Å². The van der Waals surface area contributed by atoms with E-state index in [2.05, 4.69) is 34.2 Å². The fourth-order valence-corrected chi connectivity index (χ4v) is 3.10. The third-order valence-electron chi connectivity index (χ3n) is 4.67. The van der Waals surface area contributed by atoms with E-state index >= 15 is 0 Å². The quantitative estimate of drug-likeness (QED) is 0.896. The van der Waals surface area contributed by atoms with Crippen LogP contribution in [0.25, 0.3) is 0 Å². The number of hydrogen-bond acceptors (Lipinski definition) is 4. The van der Waals surface area contributed by atoms with Crippen LogP contribution in [-0.4, -0.2) is 55.1 Å². The summed E-state index contributed by atoms with van der Waals surface area (Å²) >= 11 is 0. The first-order chi connectivity index (χ1) is 9.78. The highest BCUT2D eigenvalue weighted by Gasteiger charge is 2.29. The summed E-state index contributed by atoms with van der Waals surface area (Å²) in [6, 6.07) is 11.4. The summed E-state index contributed by atoms with van der Waals surface area (Å²) in [5, 5.41) is 12.4. The minimum Gasteiger partial charge on any atom is -0.314 e. The zero-order valence-corrected chi connectivity index (χ0v) is 12.0. The maximum absolute atomic E-state index is 9.01. The Morgan fingerprint density at radius 1 is 1.25 bits per heavy atom. The minimum absolute atomic E-state index is 0.393. The minimum atomic E-state index is 0.393. The van der Waals surface area contributed by atoms with E-state index in [0.29, 0.717) is 6.04 Å². The number of nitrogens with zero attached hydrogens (tertiary/aromatic N) is 3. The normalized spacial score (nSPS) is 23.0. The van der Waals surface area contributed by atoms with Gasteiger partial charge in [0.2, 0.25) is 0 Å². The van der Waals surface area contributed by atoms with Gasteiger partial charge in [0, 0.05) is 51.4 Å². The van der Waals surface area contributed by atoms with Gasteiger partial charge < -0.3 is 5.32 Å². The van der Waals surface area contributed by atoms with Gasteiger partial charge in [0.25, 0.3) is 0 Å². The fraction of sp³-hybridized carbons (Fsp3) is 0.562. The first-order valence-corrected chi connectivity index (χ1v) is 7.47. The maximum atomic E-state index is 9.01. The van der Waals surface area contributed by atoms with Crippen LogP contribution in [0.15, 0.2) is 24.3 Å². The summed E-state index contributed by atoms with van der Waals surface area (Å²) in [5.74, 6) is 0. The molecule has 0 aromatic heterocycles. The first kappa shape index (κ1) is 13.6. The highest BCUT2D eigenvalue weighted by Crippen LogP contribution is 2.23. The molecule has 1 unspecified atom stereocenters. The van der Waals surface area contributed by atoms with Gasteiger partial charge >= 0.3 is 0 Å². The van der Waals surface area contributed by atoms with Gasteiger partial charge in [-0.25, -0.2) is 0 Å². The predicted molar refractivity (Wildman–Crippen MR) is 79.4 cm³/mol. The van der Waals surface area contributed by atoms with Crippen LogP contribution in [0.1, 0.15) is 24.1 Å². The third kappa shape index (κ3) is 2.71. The second kappa shape index (κ2) is 5.92. The summed E-state index contributed by atoms with van der Waals surface area (Å²) < 4.78 is 0. The van der Waals surface area contributed by atoms with Gasteiger partial charge in [0.1, 0.15) is 0 Å². The van der Waals surface area contributed by atoms with Gasteiger partial charge in [-0.1, -0.05) is 12.1 Å². The van der Waals surface area contributed by atoms with E-state index in [1.165, 1.54) is 5.56 Å². The Bertz CT molecular complexity index is 495. The molecule has 2 saturated heterocycles. The van der Waals surface area contributed by atoms with Crippen LogP contribution in [0.5, 0.6) is 0 Å². The molecule has 0 saturated carbocycles. The molecule has 0 amide bonds. The van der Waals surface area contributed by atoms with Crippen LogP contribution in [-0.2, 0) is 0 Å². The van der Waals surface area contributed by atoms with Gasteiger partial charge in [-0.3, -0.25) is 9.80 Å². The van der Waals surface area contributed by atoms with Crippen molar-refractivity contribution in [1.82, 2.24) is 15.1 Å². The number of piperazine rings is 1. The lowest BCUT2D eigenvalue weighted by atomic mass is 10.0. The Morgan fingerprint density at radius 3 is 2.60 bits per heavy atom. The Morgan fingerprint density at radius 2 is 2.00 bits per heavy atom. The topological polar surface area (TPSA) is 42.3 Å². The van der Waals surface area contributed by atoms with Gasteiger partial charge in [0.05, 0.1) is 11.6 Å². The highest BCUT2D eigenvalue weighted by atomic mass is 15.3. The Kier molecular flexibility index (Phi) is 4.02.